The number of anilines is 1. The van der Waals surface area contributed by atoms with E-state index in [2.05, 4.69) is 5.32 Å². The summed E-state index contributed by atoms with van der Waals surface area (Å²) in [6, 6.07) is 31.5. The van der Waals surface area contributed by atoms with Crippen molar-refractivity contribution in [1.82, 2.24) is 4.57 Å². The molecule has 1 amide bonds. The minimum absolute atomic E-state index is 0.0491. The van der Waals surface area contributed by atoms with Crippen LogP contribution in [0.5, 0.6) is 0 Å². The normalized spacial score (nSPS) is 10.7. The Bertz CT molecular complexity index is 969. The smallest absolute Gasteiger partial charge is 0.236 e. The van der Waals surface area contributed by atoms with Gasteiger partial charge in [0.1, 0.15) is 0 Å². The van der Waals surface area contributed by atoms with Crippen molar-refractivity contribution in [2.45, 2.75) is 5.92 Å². The average molecular weight is 352 g/mol. The molecule has 0 saturated heterocycles. The fourth-order valence-corrected chi connectivity index (χ4v) is 3.29. The van der Waals surface area contributed by atoms with E-state index in [0.717, 1.165) is 22.5 Å². The lowest BCUT2D eigenvalue weighted by Gasteiger charge is -2.19. The predicted molar refractivity (Wildman–Crippen MR) is 109 cm³/mol. The van der Waals surface area contributed by atoms with Crippen molar-refractivity contribution in [2.75, 3.05) is 5.32 Å². The molecule has 0 radical (unpaired) electrons. The number of rotatable bonds is 5. The van der Waals surface area contributed by atoms with E-state index < -0.39 is 0 Å². The molecule has 4 rings (SSSR count). The van der Waals surface area contributed by atoms with Gasteiger partial charge in [0, 0.05) is 12.4 Å². The lowest BCUT2D eigenvalue weighted by Crippen LogP contribution is -2.23. The van der Waals surface area contributed by atoms with E-state index in [0.29, 0.717) is 0 Å². The van der Waals surface area contributed by atoms with Gasteiger partial charge in [0.2, 0.25) is 5.91 Å². The second kappa shape index (κ2) is 7.75. The van der Waals surface area contributed by atoms with E-state index in [4.69, 9.17) is 0 Å². The summed E-state index contributed by atoms with van der Waals surface area (Å²) in [6.07, 6.45) is 3.94. The Hall–Kier alpha value is -3.59. The van der Waals surface area contributed by atoms with Crippen molar-refractivity contribution >= 4 is 11.6 Å². The Morgan fingerprint density at radius 3 is 1.78 bits per heavy atom. The SMILES string of the molecule is O=C(Nc1ccccc1-n1cccc1)C(c1ccccc1)c1ccccc1. The van der Waals surface area contributed by atoms with Crippen molar-refractivity contribution in [3.63, 3.8) is 0 Å². The number of para-hydroxylation sites is 2. The van der Waals surface area contributed by atoms with Gasteiger partial charge in [0.25, 0.3) is 0 Å². The molecule has 0 saturated carbocycles. The molecule has 0 aliphatic carbocycles. The number of benzene rings is 3. The van der Waals surface area contributed by atoms with Crippen LogP contribution in [0.15, 0.2) is 109 Å². The third-order valence-electron chi connectivity index (χ3n) is 4.57. The molecule has 3 nitrogen and oxygen atoms in total. The van der Waals surface area contributed by atoms with Crippen LogP contribution in [0.25, 0.3) is 5.69 Å². The predicted octanol–water partition coefficient (Wildman–Crippen LogP) is 5.25. The van der Waals surface area contributed by atoms with Gasteiger partial charge >= 0.3 is 0 Å². The third-order valence-corrected chi connectivity index (χ3v) is 4.57. The molecule has 0 bridgehead atoms. The number of nitrogens with one attached hydrogen (secondary N) is 1. The molecule has 4 aromatic rings. The zero-order chi connectivity index (χ0) is 18.5. The summed E-state index contributed by atoms with van der Waals surface area (Å²) in [7, 11) is 0. The fourth-order valence-electron chi connectivity index (χ4n) is 3.29. The molecule has 3 aromatic carbocycles. The minimum Gasteiger partial charge on any atom is -0.323 e. The molecule has 27 heavy (non-hydrogen) atoms. The summed E-state index contributed by atoms with van der Waals surface area (Å²) < 4.78 is 2.00. The van der Waals surface area contributed by atoms with Crippen molar-refractivity contribution in [1.29, 1.82) is 0 Å². The first-order valence-electron chi connectivity index (χ1n) is 8.96. The van der Waals surface area contributed by atoms with Crippen LogP contribution >= 0.6 is 0 Å². The van der Waals surface area contributed by atoms with Crippen LogP contribution in [0.1, 0.15) is 17.0 Å². The summed E-state index contributed by atoms with van der Waals surface area (Å²) in [4.78, 5) is 13.3. The van der Waals surface area contributed by atoms with Gasteiger partial charge in [-0.1, -0.05) is 72.8 Å². The number of nitrogens with zero attached hydrogens (tertiary/aromatic N) is 1. The Morgan fingerprint density at radius 1 is 0.667 bits per heavy atom. The number of hydrogen-bond donors (Lipinski definition) is 1. The number of aromatic nitrogens is 1. The van der Waals surface area contributed by atoms with Crippen LogP contribution in [0.3, 0.4) is 0 Å². The van der Waals surface area contributed by atoms with E-state index in [1.807, 2.05) is 114 Å². The average Bonchev–Trinajstić information content (AvgIpc) is 3.25. The fraction of sp³-hybridized carbons (Fsp3) is 0.0417. The van der Waals surface area contributed by atoms with Gasteiger partial charge in [0.05, 0.1) is 17.3 Å². The molecule has 132 valence electrons. The molecule has 1 aromatic heterocycles. The highest BCUT2D eigenvalue weighted by Crippen LogP contribution is 2.28. The van der Waals surface area contributed by atoms with Crippen molar-refractivity contribution in [3.05, 3.63) is 121 Å². The summed E-state index contributed by atoms with van der Waals surface area (Å²) in [6.45, 7) is 0. The number of carbonyl (C=O) groups is 1. The summed E-state index contributed by atoms with van der Waals surface area (Å²) in [5.41, 5.74) is 3.67. The second-order valence-corrected chi connectivity index (χ2v) is 6.35. The highest BCUT2D eigenvalue weighted by atomic mass is 16.1. The van der Waals surface area contributed by atoms with Gasteiger partial charge in [0.15, 0.2) is 0 Å². The van der Waals surface area contributed by atoms with Gasteiger partial charge in [-0.15, -0.1) is 0 Å². The Balaban J connectivity index is 1.70. The quantitative estimate of drug-likeness (QED) is 0.523. The molecule has 0 aliphatic rings. The highest BCUT2D eigenvalue weighted by molar-refractivity contribution is 5.99. The first-order valence-corrected chi connectivity index (χ1v) is 8.96. The van der Waals surface area contributed by atoms with Crippen LogP contribution in [0, 0.1) is 0 Å². The molecular formula is C24H20N2O. The molecule has 1 N–H and O–H groups in total. The maximum atomic E-state index is 13.3. The van der Waals surface area contributed by atoms with Gasteiger partial charge < -0.3 is 9.88 Å². The summed E-state index contributed by atoms with van der Waals surface area (Å²) >= 11 is 0. The molecule has 0 atom stereocenters. The zero-order valence-corrected chi connectivity index (χ0v) is 14.8. The zero-order valence-electron chi connectivity index (χ0n) is 14.8. The van der Waals surface area contributed by atoms with Crippen LogP contribution in [-0.2, 0) is 4.79 Å². The van der Waals surface area contributed by atoms with Gasteiger partial charge in [-0.25, -0.2) is 0 Å². The molecule has 0 aliphatic heterocycles. The Kier molecular flexibility index (Phi) is 4.84. The van der Waals surface area contributed by atoms with Crippen LogP contribution in [0.4, 0.5) is 5.69 Å². The Morgan fingerprint density at radius 2 is 1.19 bits per heavy atom. The maximum Gasteiger partial charge on any atom is 0.236 e. The molecular weight excluding hydrogens is 332 g/mol. The monoisotopic (exact) mass is 352 g/mol. The molecule has 0 fully saturated rings. The first kappa shape index (κ1) is 16.9. The lowest BCUT2D eigenvalue weighted by molar-refractivity contribution is -0.116. The summed E-state index contributed by atoms with van der Waals surface area (Å²) in [5.74, 6) is -0.419. The van der Waals surface area contributed by atoms with E-state index >= 15 is 0 Å². The van der Waals surface area contributed by atoms with E-state index in [1.54, 1.807) is 0 Å². The topological polar surface area (TPSA) is 34.0 Å². The molecule has 3 heteroatoms. The number of carbonyl (C=O) groups excluding carboxylic acids is 1. The molecule has 0 unspecified atom stereocenters. The second-order valence-electron chi connectivity index (χ2n) is 6.35. The Labute approximate surface area is 158 Å². The first-order chi connectivity index (χ1) is 13.3. The standard InChI is InChI=1S/C24H20N2O/c27-24(25-21-15-7-8-16-22(21)26-17-9-10-18-26)23(19-11-3-1-4-12-19)20-13-5-2-6-14-20/h1-18,23H,(H,25,27). The van der Waals surface area contributed by atoms with E-state index in [-0.39, 0.29) is 11.8 Å². The molecule has 0 spiro atoms. The minimum atomic E-state index is -0.370. The maximum absolute atomic E-state index is 13.3. The third kappa shape index (κ3) is 3.67. The van der Waals surface area contributed by atoms with Crippen molar-refractivity contribution in [3.8, 4) is 5.69 Å². The highest BCUT2D eigenvalue weighted by Gasteiger charge is 2.23. The van der Waals surface area contributed by atoms with Crippen molar-refractivity contribution < 1.29 is 4.79 Å². The largest absolute Gasteiger partial charge is 0.323 e. The van der Waals surface area contributed by atoms with Crippen LogP contribution in [-0.4, -0.2) is 10.5 Å². The van der Waals surface area contributed by atoms with Crippen LogP contribution in [0.2, 0.25) is 0 Å². The number of amides is 1. The van der Waals surface area contributed by atoms with Crippen molar-refractivity contribution in [2.24, 2.45) is 0 Å². The van der Waals surface area contributed by atoms with E-state index in [1.165, 1.54) is 0 Å². The van der Waals surface area contributed by atoms with Gasteiger partial charge in [-0.3, -0.25) is 4.79 Å². The van der Waals surface area contributed by atoms with Gasteiger partial charge in [-0.05, 0) is 35.4 Å². The van der Waals surface area contributed by atoms with Crippen LogP contribution < -0.4 is 5.32 Å². The summed E-state index contributed by atoms with van der Waals surface area (Å²) in [5, 5.41) is 3.14. The lowest BCUT2D eigenvalue weighted by atomic mass is 9.90. The number of hydrogen-bond acceptors (Lipinski definition) is 1. The van der Waals surface area contributed by atoms with E-state index in [9.17, 15) is 4.79 Å². The van der Waals surface area contributed by atoms with Gasteiger partial charge in [-0.2, -0.15) is 0 Å². The molecule has 1 heterocycles.